The molecule has 2 fully saturated rings. The minimum Gasteiger partial charge on any atom is -0.331 e. The first-order chi connectivity index (χ1) is 10.6. The number of urea groups is 1. The molecule has 22 heavy (non-hydrogen) atoms. The molecule has 5 heteroatoms. The number of aryl methyl sites for hydroxylation is 1. The first kappa shape index (κ1) is 15.4. The van der Waals surface area contributed by atoms with Crippen molar-refractivity contribution >= 4 is 6.03 Å². The molecule has 1 saturated heterocycles. The maximum Gasteiger partial charge on any atom is 0.317 e. The third kappa shape index (κ3) is 3.28. The summed E-state index contributed by atoms with van der Waals surface area (Å²) >= 11 is 0. The lowest BCUT2D eigenvalue weighted by Gasteiger charge is -2.28. The van der Waals surface area contributed by atoms with Gasteiger partial charge in [0.05, 0.1) is 12.2 Å². The quantitative estimate of drug-likeness (QED) is 0.912. The Kier molecular flexibility index (Phi) is 4.41. The van der Waals surface area contributed by atoms with Crippen LogP contribution in [0.1, 0.15) is 63.5 Å². The molecule has 122 valence electrons. The van der Waals surface area contributed by atoms with Gasteiger partial charge in [0, 0.05) is 31.9 Å². The fraction of sp³-hybridized carbons (Fsp3) is 0.765. The van der Waals surface area contributed by atoms with Crippen molar-refractivity contribution in [3.8, 4) is 0 Å². The highest BCUT2D eigenvalue weighted by atomic mass is 16.2. The molecule has 1 saturated carbocycles. The molecule has 5 nitrogen and oxygen atoms in total. The molecule has 0 bridgehead atoms. The van der Waals surface area contributed by atoms with Crippen LogP contribution >= 0.6 is 0 Å². The third-order valence-corrected chi connectivity index (χ3v) is 5.45. The van der Waals surface area contributed by atoms with Gasteiger partial charge in [0.1, 0.15) is 0 Å². The van der Waals surface area contributed by atoms with E-state index >= 15 is 0 Å². The van der Waals surface area contributed by atoms with Crippen LogP contribution in [0, 0.1) is 5.41 Å². The van der Waals surface area contributed by atoms with E-state index in [2.05, 4.69) is 10.4 Å². The molecule has 1 spiro atoms. The summed E-state index contributed by atoms with van der Waals surface area (Å²) in [6, 6.07) is 0.0874. The van der Waals surface area contributed by atoms with Crippen LogP contribution in [0.15, 0.2) is 12.4 Å². The highest BCUT2D eigenvalue weighted by Crippen LogP contribution is 2.42. The number of carbonyl (C=O) groups is 1. The highest BCUT2D eigenvalue weighted by molar-refractivity contribution is 5.75. The van der Waals surface area contributed by atoms with Gasteiger partial charge >= 0.3 is 6.03 Å². The first-order valence-electron chi connectivity index (χ1n) is 8.62. The average Bonchev–Trinajstić information content (AvgIpc) is 3.02. The number of amides is 2. The lowest BCUT2D eigenvalue weighted by molar-refractivity contribution is 0.191. The van der Waals surface area contributed by atoms with E-state index in [-0.39, 0.29) is 12.1 Å². The molecule has 2 amide bonds. The molecule has 3 rings (SSSR count). The Morgan fingerprint density at radius 2 is 2.00 bits per heavy atom. The maximum absolute atomic E-state index is 12.5. The summed E-state index contributed by atoms with van der Waals surface area (Å²) in [5, 5.41) is 7.30. The van der Waals surface area contributed by atoms with Crippen molar-refractivity contribution in [3.63, 3.8) is 0 Å². The van der Waals surface area contributed by atoms with Crippen molar-refractivity contribution in [1.29, 1.82) is 0 Å². The Labute approximate surface area is 133 Å². The van der Waals surface area contributed by atoms with Crippen LogP contribution in [-0.4, -0.2) is 33.8 Å². The number of nitrogens with zero attached hydrogens (tertiary/aromatic N) is 3. The number of aromatic nitrogens is 2. The Balaban J connectivity index is 1.57. The highest BCUT2D eigenvalue weighted by Gasteiger charge is 2.39. The fourth-order valence-electron chi connectivity index (χ4n) is 4.02. The molecule has 0 aromatic carbocycles. The summed E-state index contributed by atoms with van der Waals surface area (Å²) in [5.74, 6) is 0. The smallest absolute Gasteiger partial charge is 0.317 e. The summed E-state index contributed by atoms with van der Waals surface area (Å²) in [4.78, 5) is 14.6. The SMILES string of the molecule is C[C@@H](NC(=O)N1CCC2(CCCCCC2)C1)c1cnn(C)c1. The molecular formula is C17H28N4O. The second-order valence-electron chi connectivity index (χ2n) is 7.20. The predicted octanol–water partition coefficient (Wildman–Crippen LogP) is 3.24. The zero-order valence-electron chi connectivity index (χ0n) is 13.8. The topological polar surface area (TPSA) is 50.2 Å². The summed E-state index contributed by atoms with van der Waals surface area (Å²) in [6.45, 7) is 3.87. The van der Waals surface area contributed by atoms with Crippen molar-refractivity contribution in [2.24, 2.45) is 12.5 Å². The normalized spacial score (nSPS) is 22.5. The number of likely N-dealkylation sites (tertiary alicyclic amines) is 1. The van der Waals surface area contributed by atoms with Gasteiger partial charge in [-0.2, -0.15) is 5.10 Å². The van der Waals surface area contributed by atoms with Gasteiger partial charge in [-0.25, -0.2) is 4.79 Å². The van der Waals surface area contributed by atoms with Crippen LogP contribution in [-0.2, 0) is 7.05 Å². The number of carbonyl (C=O) groups excluding carboxylic acids is 1. The molecule has 0 unspecified atom stereocenters. The third-order valence-electron chi connectivity index (χ3n) is 5.45. The van der Waals surface area contributed by atoms with Gasteiger partial charge in [0.15, 0.2) is 0 Å². The second kappa shape index (κ2) is 6.31. The van der Waals surface area contributed by atoms with Gasteiger partial charge in [0.25, 0.3) is 0 Å². The van der Waals surface area contributed by atoms with Crippen molar-refractivity contribution in [2.75, 3.05) is 13.1 Å². The lowest BCUT2D eigenvalue weighted by Crippen LogP contribution is -2.40. The predicted molar refractivity (Wildman–Crippen MR) is 86.5 cm³/mol. The van der Waals surface area contributed by atoms with Gasteiger partial charge in [-0.15, -0.1) is 0 Å². The van der Waals surface area contributed by atoms with E-state index in [9.17, 15) is 4.79 Å². The standard InChI is InChI=1S/C17H28N4O/c1-14(15-11-18-20(2)12-15)19-16(22)21-10-9-17(13-21)7-5-3-4-6-8-17/h11-12,14H,3-10,13H2,1-2H3,(H,19,22)/t14-/m1/s1. The molecule has 2 heterocycles. The van der Waals surface area contributed by atoms with E-state index in [1.807, 2.05) is 31.3 Å². The molecule has 1 aliphatic heterocycles. The van der Waals surface area contributed by atoms with Gasteiger partial charge in [0.2, 0.25) is 0 Å². The van der Waals surface area contributed by atoms with Crippen molar-refractivity contribution in [3.05, 3.63) is 18.0 Å². The molecule has 0 radical (unpaired) electrons. The molecule has 1 N–H and O–H groups in total. The second-order valence-corrected chi connectivity index (χ2v) is 7.20. The van der Waals surface area contributed by atoms with E-state index in [4.69, 9.17) is 0 Å². The van der Waals surface area contributed by atoms with Crippen molar-refractivity contribution in [2.45, 2.75) is 57.9 Å². The molecule has 1 aromatic rings. The molecule has 2 aliphatic rings. The van der Waals surface area contributed by atoms with Gasteiger partial charge in [-0.05, 0) is 31.6 Å². The van der Waals surface area contributed by atoms with Crippen LogP contribution in [0.25, 0.3) is 0 Å². The molecule has 1 atom stereocenters. The maximum atomic E-state index is 12.5. The Bertz CT molecular complexity index is 516. The van der Waals surface area contributed by atoms with E-state index in [0.717, 1.165) is 18.7 Å². The van der Waals surface area contributed by atoms with Gasteiger partial charge in [-0.1, -0.05) is 25.7 Å². The fourth-order valence-corrected chi connectivity index (χ4v) is 4.02. The number of hydrogen-bond donors (Lipinski definition) is 1. The molecular weight excluding hydrogens is 276 g/mol. The minimum absolute atomic E-state index is 0.00637. The lowest BCUT2D eigenvalue weighted by atomic mass is 9.80. The average molecular weight is 304 g/mol. The van der Waals surface area contributed by atoms with Crippen molar-refractivity contribution < 1.29 is 4.79 Å². The summed E-state index contributed by atoms with van der Waals surface area (Å²) in [7, 11) is 1.90. The molecule has 1 aliphatic carbocycles. The summed E-state index contributed by atoms with van der Waals surface area (Å²) in [5.41, 5.74) is 1.46. The van der Waals surface area contributed by atoms with E-state index in [1.165, 1.54) is 44.9 Å². The van der Waals surface area contributed by atoms with E-state index < -0.39 is 0 Å². The first-order valence-corrected chi connectivity index (χ1v) is 8.62. The zero-order valence-corrected chi connectivity index (χ0v) is 13.8. The zero-order chi connectivity index (χ0) is 15.6. The van der Waals surface area contributed by atoms with Crippen LogP contribution in [0.4, 0.5) is 4.79 Å². The van der Waals surface area contributed by atoms with Gasteiger partial charge in [-0.3, -0.25) is 4.68 Å². The van der Waals surface area contributed by atoms with E-state index in [0.29, 0.717) is 5.41 Å². The van der Waals surface area contributed by atoms with Crippen LogP contribution in [0.5, 0.6) is 0 Å². The summed E-state index contributed by atoms with van der Waals surface area (Å²) in [6.07, 6.45) is 13.0. The van der Waals surface area contributed by atoms with Gasteiger partial charge < -0.3 is 10.2 Å². The number of hydrogen-bond acceptors (Lipinski definition) is 2. The van der Waals surface area contributed by atoms with Crippen LogP contribution in [0.2, 0.25) is 0 Å². The monoisotopic (exact) mass is 304 g/mol. The minimum atomic E-state index is 0.00637. The summed E-state index contributed by atoms with van der Waals surface area (Å²) < 4.78 is 1.77. The number of rotatable bonds is 2. The Hall–Kier alpha value is -1.52. The van der Waals surface area contributed by atoms with E-state index in [1.54, 1.807) is 4.68 Å². The Morgan fingerprint density at radius 3 is 2.64 bits per heavy atom. The van der Waals surface area contributed by atoms with Crippen LogP contribution < -0.4 is 5.32 Å². The van der Waals surface area contributed by atoms with Crippen molar-refractivity contribution in [1.82, 2.24) is 20.0 Å². The molecule has 1 aromatic heterocycles. The number of nitrogens with one attached hydrogen (secondary N) is 1. The van der Waals surface area contributed by atoms with Crippen LogP contribution in [0.3, 0.4) is 0 Å². The Morgan fingerprint density at radius 1 is 1.27 bits per heavy atom. The largest absolute Gasteiger partial charge is 0.331 e.